The van der Waals surface area contributed by atoms with Crippen LogP contribution in [0.5, 0.6) is 0 Å². The van der Waals surface area contributed by atoms with E-state index in [0.29, 0.717) is 0 Å². The third-order valence-electron chi connectivity index (χ3n) is 4.06. The van der Waals surface area contributed by atoms with Gasteiger partial charge in [-0.3, -0.25) is 0 Å². The number of nitrogens with one attached hydrogen (secondary N) is 1. The van der Waals surface area contributed by atoms with Crippen molar-refractivity contribution >= 4 is 11.8 Å². The average Bonchev–Trinajstić information content (AvgIpc) is 2.31. The zero-order valence-electron chi connectivity index (χ0n) is 10.7. The molecule has 2 aliphatic carbocycles. The number of hydrogen-bond acceptors (Lipinski definition) is 2. The summed E-state index contributed by atoms with van der Waals surface area (Å²) in [5.41, 5.74) is 0. The van der Waals surface area contributed by atoms with E-state index in [1.807, 2.05) is 0 Å². The van der Waals surface area contributed by atoms with Gasteiger partial charge < -0.3 is 5.32 Å². The summed E-state index contributed by atoms with van der Waals surface area (Å²) in [5, 5.41) is 5.60. The van der Waals surface area contributed by atoms with Crippen LogP contribution in [0.15, 0.2) is 0 Å². The maximum Gasteiger partial charge on any atom is 0.00774 e. The molecule has 0 bridgehead atoms. The van der Waals surface area contributed by atoms with Gasteiger partial charge in [0.1, 0.15) is 0 Å². The second-order valence-corrected chi connectivity index (χ2v) is 7.04. The zero-order valence-corrected chi connectivity index (χ0v) is 11.5. The van der Waals surface area contributed by atoms with E-state index in [1.54, 1.807) is 0 Å². The second-order valence-electron chi connectivity index (χ2n) is 5.44. The van der Waals surface area contributed by atoms with Gasteiger partial charge in [0, 0.05) is 16.5 Å². The largest absolute Gasteiger partial charge is 0.314 e. The van der Waals surface area contributed by atoms with Gasteiger partial charge >= 0.3 is 0 Å². The minimum absolute atomic E-state index is 0.819. The quantitative estimate of drug-likeness (QED) is 0.799. The molecule has 1 nitrogen and oxygen atoms in total. The van der Waals surface area contributed by atoms with Crippen LogP contribution in [0.3, 0.4) is 0 Å². The molecule has 2 unspecified atom stereocenters. The minimum Gasteiger partial charge on any atom is -0.314 e. The normalized spacial score (nSPS) is 32.8. The number of thioether (sulfide) groups is 1. The summed E-state index contributed by atoms with van der Waals surface area (Å²) in [6, 6.07) is 0.819. The summed E-state index contributed by atoms with van der Waals surface area (Å²) in [7, 11) is 0. The first-order valence-corrected chi connectivity index (χ1v) is 8.21. The number of hydrogen-bond donors (Lipinski definition) is 1. The van der Waals surface area contributed by atoms with E-state index in [2.05, 4.69) is 24.0 Å². The smallest absolute Gasteiger partial charge is 0.00774 e. The summed E-state index contributed by atoms with van der Waals surface area (Å²) in [6.45, 7) is 3.38. The van der Waals surface area contributed by atoms with Crippen molar-refractivity contribution in [3.63, 3.8) is 0 Å². The average molecular weight is 241 g/mol. The molecule has 0 heterocycles. The molecule has 2 aliphatic rings. The highest BCUT2D eigenvalue weighted by atomic mass is 32.2. The van der Waals surface area contributed by atoms with E-state index in [9.17, 15) is 0 Å². The minimum atomic E-state index is 0.819. The fourth-order valence-corrected chi connectivity index (χ4v) is 5.01. The maximum absolute atomic E-state index is 3.64. The summed E-state index contributed by atoms with van der Waals surface area (Å²) >= 11 is 2.33. The zero-order chi connectivity index (χ0) is 11.2. The SMILES string of the molecule is CCNC1CCCC(SC2CCCCC2)C1. The Morgan fingerprint density at radius 1 is 0.938 bits per heavy atom. The molecular formula is C14H27NS. The van der Waals surface area contributed by atoms with E-state index < -0.39 is 0 Å². The summed E-state index contributed by atoms with van der Waals surface area (Å²) < 4.78 is 0. The molecule has 2 heteroatoms. The monoisotopic (exact) mass is 241 g/mol. The molecule has 1 N–H and O–H groups in total. The highest BCUT2D eigenvalue weighted by molar-refractivity contribution is 8.00. The molecule has 16 heavy (non-hydrogen) atoms. The van der Waals surface area contributed by atoms with Crippen molar-refractivity contribution in [1.29, 1.82) is 0 Å². The van der Waals surface area contributed by atoms with E-state index in [-0.39, 0.29) is 0 Å². The van der Waals surface area contributed by atoms with Gasteiger partial charge in [-0.05, 0) is 38.6 Å². The van der Waals surface area contributed by atoms with Crippen LogP contribution >= 0.6 is 11.8 Å². The molecule has 0 aromatic carbocycles. The van der Waals surface area contributed by atoms with Crippen LogP contribution in [0.1, 0.15) is 64.7 Å². The number of rotatable bonds is 4. The third kappa shape index (κ3) is 3.96. The third-order valence-corrected chi connectivity index (χ3v) is 5.73. The van der Waals surface area contributed by atoms with Crippen molar-refractivity contribution in [2.24, 2.45) is 0 Å². The first kappa shape index (κ1) is 12.8. The van der Waals surface area contributed by atoms with Gasteiger partial charge in [0.25, 0.3) is 0 Å². The lowest BCUT2D eigenvalue weighted by atomic mass is 9.95. The lowest BCUT2D eigenvalue weighted by molar-refractivity contribution is 0.386. The van der Waals surface area contributed by atoms with Crippen LogP contribution in [-0.4, -0.2) is 23.1 Å². The van der Waals surface area contributed by atoms with Crippen LogP contribution in [0.2, 0.25) is 0 Å². The highest BCUT2D eigenvalue weighted by Crippen LogP contribution is 2.36. The summed E-state index contributed by atoms with van der Waals surface area (Å²) in [6.07, 6.45) is 13.2. The van der Waals surface area contributed by atoms with Gasteiger partial charge in [-0.15, -0.1) is 0 Å². The van der Waals surface area contributed by atoms with Crippen molar-refractivity contribution in [1.82, 2.24) is 5.32 Å². The molecule has 2 saturated carbocycles. The van der Waals surface area contributed by atoms with Gasteiger partial charge in [0.05, 0.1) is 0 Å². The Kier molecular flexibility index (Phi) is 5.51. The van der Waals surface area contributed by atoms with Crippen molar-refractivity contribution in [3.8, 4) is 0 Å². The van der Waals surface area contributed by atoms with Gasteiger partial charge in [-0.1, -0.05) is 32.6 Å². The molecule has 0 aromatic heterocycles. The predicted octanol–water partition coefficient (Wildman–Crippen LogP) is 3.97. The van der Waals surface area contributed by atoms with Crippen LogP contribution in [0.4, 0.5) is 0 Å². The first-order chi connectivity index (χ1) is 7.88. The van der Waals surface area contributed by atoms with Crippen LogP contribution in [0.25, 0.3) is 0 Å². The van der Waals surface area contributed by atoms with Crippen molar-refractivity contribution in [2.75, 3.05) is 6.54 Å². The van der Waals surface area contributed by atoms with Crippen LogP contribution < -0.4 is 5.32 Å². The van der Waals surface area contributed by atoms with E-state index in [4.69, 9.17) is 0 Å². The Hall–Kier alpha value is 0.310. The lowest BCUT2D eigenvalue weighted by Crippen LogP contribution is -2.35. The fourth-order valence-electron chi connectivity index (χ4n) is 3.22. The molecule has 0 aliphatic heterocycles. The molecule has 2 fully saturated rings. The molecule has 0 aromatic rings. The maximum atomic E-state index is 3.64. The molecular weight excluding hydrogens is 214 g/mol. The Morgan fingerprint density at radius 3 is 2.44 bits per heavy atom. The molecule has 0 amide bonds. The molecule has 0 radical (unpaired) electrons. The van der Waals surface area contributed by atoms with Gasteiger partial charge in [-0.2, -0.15) is 11.8 Å². The Balaban J connectivity index is 1.71. The van der Waals surface area contributed by atoms with Gasteiger partial charge in [0.2, 0.25) is 0 Å². The van der Waals surface area contributed by atoms with Crippen LogP contribution in [-0.2, 0) is 0 Å². The first-order valence-electron chi connectivity index (χ1n) is 7.27. The summed E-state index contributed by atoms with van der Waals surface area (Å²) in [4.78, 5) is 0. The van der Waals surface area contributed by atoms with Crippen LogP contribution in [0, 0.1) is 0 Å². The fraction of sp³-hybridized carbons (Fsp3) is 1.00. The molecule has 0 saturated heterocycles. The summed E-state index contributed by atoms with van der Waals surface area (Å²) in [5.74, 6) is 0. The lowest BCUT2D eigenvalue weighted by Gasteiger charge is -2.32. The Bertz CT molecular complexity index is 187. The van der Waals surface area contributed by atoms with Gasteiger partial charge in [0.15, 0.2) is 0 Å². The van der Waals surface area contributed by atoms with Crippen molar-refractivity contribution in [3.05, 3.63) is 0 Å². The highest BCUT2D eigenvalue weighted by Gasteiger charge is 2.25. The predicted molar refractivity (Wildman–Crippen MR) is 74.2 cm³/mol. The Morgan fingerprint density at radius 2 is 1.69 bits per heavy atom. The Labute approximate surface area is 105 Å². The standard InChI is InChI=1S/C14H27NS/c1-2-15-12-7-6-10-14(11-12)16-13-8-4-3-5-9-13/h12-15H,2-11H2,1H3. The topological polar surface area (TPSA) is 12.0 Å². The van der Waals surface area contributed by atoms with E-state index in [1.165, 1.54) is 57.8 Å². The van der Waals surface area contributed by atoms with Gasteiger partial charge in [-0.25, -0.2) is 0 Å². The van der Waals surface area contributed by atoms with E-state index >= 15 is 0 Å². The van der Waals surface area contributed by atoms with Crippen molar-refractivity contribution in [2.45, 2.75) is 81.3 Å². The van der Waals surface area contributed by atoms with Crippen molar-refractivity contribution < 1.29 is 0 Å². The molecule has 2 atom stereocenters. The van der Waals surface area contributed by atoms with E-state index in [0.717, 1.165) is 23.1 Å². The molecule has 2 rings (SSSR count). The molecule has 94 valence electrons. The second kappa shape index (κ2) is 6.90. The molecule has 0 spiro atoms.